The van der Waals surface area contributed by atoms with E-state index in [4.69, 9.17) is 4.74 Å². The summed E-state index contributed by atoms with van der Waals surface area (Å²) >= 11 is 0. The van der Waals surface area contributed by atoms with Crippen LogP contribution in [-0.2, 0) is 22.4 Å². The first-order chi connectivity index (χ1) is 12.6. The molecule has 9 heteroatoms. The molecule has 0 fully saturated rings. The molecule has 0 bridgehead atoms. The topological polar surface area (TPSA) is 100 Å². The van der Waals surface area contributed by atoms with Gasteiger partial charge in [0, 0.05) is 6.42 Å². The fourth-order valence-electron chi connectivity index (χ4n) is 2.73. The van der Waals surface area contributed by atoms with Gasteiger partial charge in [-0.15, -0.1) is 15.3 Å². The Morgan fingerprint density at radius 1 is 1.15 bits per heavy atom. The number of rotatable bonds is 4. The van der Waals surface area contributed by atoms with Gasteiger partial charge in [0.05, 0.1) is 19.2 Å². The van der Waals surface area contributed by atoms with Crippen molar-refractivity contribution in [1.29, 1.82) is 0 Å². The van der Waals surface area contributed by atoms with Crippen molar-refractivity contribution in [2.45, 2.75) is 26.7 Å². The van der Waals surface area contributed by atoms with Crippen molar-refractivity contribution in [3.8, 4) is 5.69 Å². The molecule has 0 aliphatic heterocycles. The first-order valence-electron chi connectivity index (χ1n) is 8.24. The Balaban J connectivity index is 2.02. The standard InChI is InChI=1S/C17H17N7O2/c1-4-13-18-17-20-19-15-12(9-14(25)26-3)21-23(16(15)24(17)22-13)11-7-5-10(2)6-8-11/h5-8H,4,9H2,1-3H3. The van der Waals surface area contributed by atoms with E-state index in [1.807, 2.05) is 38.1 Å². The van der Waals surface area contributed by atoms with Gasteiger partial charge >= 0.3 is 5.97 Å². The second kappa shape index (κ2) is 6.17. The lowest BCUT2D eigenvalue weighted by molar-refractivity contribution is -0.139. The van der Waals surface area contributed by atoms with E-state index in [1.54, 1.807) is 9.20 Å². The molecule has 3 heterocycles. The third-order valence-electron chi connectivity index (χ3n) is 4.11. The van der Waals surface area contributed by atoms with Crippen molar-refractivity contribution < 1.29 is 9.53 Å². The van der Waals surface area contributed by atoms with Gasteiger partial charge in [0.2, 0.25) is 0 Å². The van der Waals surface area contributed by atoms with E-state index in [9.17, 15) is 4.79 Å². The Bertz CT molecular complexity index is 1110. The monoisotopic (exact) mass is 351 g/mol. The predicted molar refractivity (Wildman–Crippen MR) is 93.0 cm³/mol. The number of carbonyl (C=O) groups excluding carboxylic acids is 1. The normalized spacial score (nSPS) is 11.3. The molecule has 9 nitrogen and oxygen atoms in total. The van der Waals surface area contributed by atoms with Crippen LogP contribution in [0, 0.1) is 6.92 Å². The number of nitrogens with zero attached hydrogens (tertiary/aromatic N) is 7. The van der Waals surface area contributed by atoms with Crippen LogP contribution in [0.4, 0.5) is 0 Å². The van der Waals surface area contributed by atoms with Crippen LogP contribution in [0.1, 0.15) is 24.0 Å². The van der Waals surface area contributed by atoms with E-state index in [0.717, 1.165) is 11.3 Å². The average molecular weight is 351 g/mol. The van der Waals surface area contributed by atoms with Gasteiger partial charge in [0.15, 0.2) is 17.0 Å². The smallest absolute Gasteiger partial charge is 0.311 e. The SMILES string of the molecule is CCc1nc2nnc3c(CC(=O)OC)nn(-c4ccc(C)cc4)c3n2n1. The van der Waals surface area contributed by atoms with Gasteiger partial charge in [-0.05, 0) is 19.1 Å². The van der Waals surface area contributed by atoms with Crippen molar-refractivity contribution in [2.24, 2.45) is 0 Å². The van der Waals surface area contributed by atoms with Crippen LogP contribution in [0.15, 0.2) is 24.3 Å². The molecule has 0 radical (unpaired) electrons. The maximum absolute atomic E-state index is 11.8. The van der Waals surface area contributed by atoms with E-state index < -0.39 is 5.97 Å². The first-order valence-corrected chi connectivity index (χ1v) is 8.24. The zero-order chi connectivity index (χ0) is 18.3. The predicted octanol–water partition coefficient (Wildman–Crippen LogP) is 1.44. The summed E-state index contributed by atoms with van der Waals surface area (Å²) < 4.78 is 8.10. The molecule has 0 atom stereocenters. The summed E-state index contributed by atoms with van der Waals surface area (Å²) in [5.41, 5.74) is 3.56. The lowest BCUT2D eigenvalue weighted by Crippen LogP contribution is -2.06. The molecule has 0 saturated carbocycles. The summed E-state index contributed by atoms with van der Waals surface area (Å²) in [7, 11) is 1.34. The highest BCUT2D eigenvalue weighted by molar-refractivity contribution is 5.82. The number of carbonyl (C=O) groups is 1. The first kappa shape index (κ1) is 16.1. The lowest BCUT2D eigenvalue weighted by Gasteiger charge is -2.04. The number of methoxy groups -OCH3 is 1. The second-order valence-electron chi connectivity index (χ2n) is 5.91. The van der Waals surface area contributed by atoms with E-state index in [0.29, 0.717) is 34.9 Å². The van der Waals surface area contributed by atoms with Crippen molar-refractivity contribution in [1.82, 2.24) is 34.6 Å². The van der Waals surface area contributed by atoms with E-state index in [-0.39, 0.29) is 6.42 Å². The van der Waals surface area contributed by atoms with Crippen molar-refractivity contribution in [2.75, 3.05) is 7.11 Å². The zero-order valence-corrected chi connectivity index (χ0v) is 14.7. The number of benzene rings is 1. The van der Waals surface area contributed by atoms with Crippen molar-refractivity contribution in [3.05, 3.63) is 41.3 Å². The largest absolute Gasteiger partial charge is 0.469 e. The molecule has 132 valence electrons. The Labute approximate surface area is 148 Å². The Morgan fingerprint density at radius 2 is 1.92 bits per heavy atom. The molecule has 4 aromatic rings. The summed E-state index contributed by atoms with van der Waals surface area (Å²) in [5.74, 6) is 0.667. The number of aromatic nitrogens is 7. The highest BCUT2D eigenvalue weighted by atomic mass is 16.5. The van der Waals surface area contributed by atoms with Crippen LogP contribution >= 0.6 is 0 Å². The Morgan fingerprint density at radius 3 is 2.62 bits per heavy atom. The van der Waals surface area contributed by atoms with Crippen LogP contribution in [0.3, 0.4) is 0 Å². The maximum Gasteiger partial charge on any atom is 0.311 e. The second-order valence-corrected chi connectivity index (χ2v) is 5.91. The molecular weight excluding hydrogens is 334 g/mol. The molecule has 0 aliphatic rings. The number of fused-ring (bicyclic) bond motifs is 3. The minimum atomic E-state index is -0.393. The summed E-state index contributed by atoms with van der Waals surface area (Å²) in [6.07, 6.45) is 0.680. The fraction of sp³-hybridized carbons (Fsp3) is 0.294. The minimum absolute atomic E-state index is 0.00137. The molecular formula is C17H17N7O2. The van der Waals surface area contributed by atoms with Gasteiger partial charge in [0.1, 0.15) is 5.69 Å². The third-order valence-corrected chi connectivity index (χ3v) is 4.11. The fourth-order valence-corrected chi connectivity index (χ4v) is 2.73. The number of esters is 1. The van der Waals surface area contributed by atoms with E-state index in [1.165, 1.54) is 7.11 Å². The summed E-state index contributed by atoms with van der Waals surface area (Å²) in [6.45, 7) is 3.99. The van der Waals surface area contributed by atoms with Gasteiger partial charge < -0.3 is 4.74 Å². The Kier molecular flexibility index (Phi) is 3.83. The van der Waals surface area contributed by atoms with E-state index in [2.05, 4.69) is 25.4 Å². The van der Waals surface area contributed by atoms with Crippen molar-refractivity contribution >= 4 is 22.9 Å². The lowest BCUT2D eigenvalue weighted by atomic mass is 10.2. The molecule has 1 aromatic carbocycles. The average Bonchev–Trinajstić information content (AvgIpc) is 3.23. The molecule has 26 heavy (non-hydrogen) atoms. The molecule has 3 aromatic heterocycles. The quantitative estimate of drug-likeness (QED) is 0.513. The summed E-state index contributed by atoms with van der Waals surface area (Å²) in [6, 6.07) is 7.89. The number of aryl methyl sites for hydroxylation is 2. The van der Waals surface area contributed by atoms with Gasteiger partial charge in [-0.2, -0.15) is 14.6 Å². The molecule has 0 spiro atoms. The third kappa shape index (κ3) is 2.57. The van der Waals surface area contributed by atoms with Crippen LogP contribution in [-0.4, -0.2) is 47.7 Å². The highest BCUT2D eigenvalue weighted by Gasteiger charge is 2.21. The van der Waals surface area contributed by atoms with Crippen molar-refractivity contribution in [3.63, 3.8) is 0 Å². The molecule has 0 aliphatic carbocycles. The van der Waals surface area contributed by atoms with Crippen LogP contribution in [0.2, 0.25) is 0 Å². The maximum atomic E-state index is 11.8. The number of hydrogen-bond acceptors (Lipinski definition) is 7. The number of ether oxygens (including phenoxy) is 1. The number of hydrogen-bond donors (Lipinski definition) is 0. The minimum Gasteiger partial charge on any atom is -0.469 e. The molecule has 0 unspecified atom stereocenters. The highest BCUT2D eigenvalue weighted by Crippen LogP contribution is 2.21. The van der Waals surface area contributed by atoms with Gasteiger partial charge in [-0.25, -0.2) is 4.68 Å². The van der Waals surface area contributed by atoms with Crippen LogP contribution in [0.25, 0.3) is 22.6 Å². The summed E-state index contributed by atoms with van der Waals surface area (Å²) in [5, 5.41) is 17.5. The van der Waals surface area contributed by atoms with Gasteiger partial charge in [-0.3, -0.25) is 4.79 Å². The van der Waals surface area contributed by atoms with Gasteiger partial charge in [-0.1, -0.05) is 24.6 Å². The zero-order valence-electron chi connectivity index (χ0n) is 14.7. The molecule has 4 rings (SSSR count). The summed E-state index contributed by atoms with van der Waals surface area (Å²) in [4.78, 5) is 16.1. The van der Waals surface area contributed by atoms with Crippen LogP contribution < -0.4 is 0 Å². The van der Waals surface area contributed by atoms with Gasteiger partial charge in [0.25, 0.3) is 5.78 Å². The van der Waals surface area contributed by atoms with Crippen LogP contribution in [0.5, 0.6) is 0 Å². The molecule has 0 N–H and O–H groups in total. The molecule has 0 amide bonds. The van der Waals surface area contributed by atoms with E-state index >= 15 is 0 Å². The Hall–Kier alpha value is -3.36. The molecule has 0 saturated heterocycles.